The van der Waals surface area contributed by atoms with Crippen LogP contribution in [0, 0.1) is 18.3 Å². The molecule has 0 spiro atoms. The van der Waals surface area contributed by atoms with Crippen LogP contribution in [0.4, 0.5) is 0 Å². The highest BCUT2D eigenvalue weighted by Gasteiger charge is 2.35. The van der Waals surface area contributed by atoms with Crippen molar-refractivity contribution in [3.63, 3.8) is 0 Å². The number of hydrogen-bond acceptors (Lipinski definition) is 6. The zero-order valence-corrected chi connectivity index (χ0v) is 20.2. The van der Waals surface area contributed by atoms with Gasteiger partial charge in [-0.05, 0) is 56.5 Å². The number of pyridine rings is 1. The molecule has 0 aliphatic heterocycles. The van der Waals surface area contributed by atoms with Crippen molar-refractivity contribution in [2.75, 3.05) is 0 Å². The maximum Gasteiger partial charge on any atom is 0.234 e. The van der Waals surface area contributed by atoms with E-state index in [0.717, 1.165) is 36.1 Å². The molecule has 1 amide bonds. The van der Waals surface area contributed by atoms with Crippen molar-refractivity contribution in [3.05, 3.63) is 53.3 Å². The van der Waals surface area contributed by atoms with E-state index in [1.165, 1.54) is 11.8 Å². The highest BCUT2D eigenvalue weighted by atomic mass is 35.5. The summed E-state index contributed by atoms with van der Waals surface area (Å²) in [6.07, 6.45) is 7.79. The Labute approximate surface area is 202 Å². The molecule has 0 saturated heterocycles. The monoisotopic (exact) mass is 480 g/mol. The van der Waals surface area contributed by atoms with Crippen molar-refractivity contribution in [2.24, 2.45) is 0 Å². The summed E-state index contributed by atoms with van der Waals surface area (Å²) in [7, 11) is 0. The predicted octanol–water partition coefficient (Wildman–Crippen LogP) is 5.11. The van der Waals surface area contributed by atoms with Crippen molar-refractivity contribution >= 4 is 29.3 Å². The standard InChI is InChI=1S/C24H25ClN6OS/c1-16-19(25)7-6-8-20(16)31-21(18-9-13-27-14-10-18)29-30-23(31)33-17(2)22(32)28-24(15-26)11-4-3-5-12-24/h6-10,13-14,17H,3-5,11-12H2,1-2H3,(H,28,32). The van der Waals surface area contributed by atoms with Crippen LogP contribution in [-0.4, -0.2) is 36.4 Å². The van der Waals surface area contributed by atoms with Crippen LogP contribution in [0.25, 0.3) is 17.1 Å². The van der Waals surface area contributed by atoms with Gasteiger partial charge >= 0.3 is 0 Å². The van der Waals surface area contributed by atoms with Crippen molar-refractivity contribution in [1.82, 2.24) is 25.1 Å². The maximum absolute atomic E-state index is 13.1. The van der Waals surface area contributed by atoms with Gasteiger partial charge in [0.15, 0.2) is 11.0 Å². The Morgan fingerprint density at radius 3 is 2.64 bits per heavy atom. The Balaban J connectivity index is 1.66. The predicted molar refractivity (Wildman–Crippen MR) is 129 cm³/mol. The maximum atomic E-state index is 13.1. The number of thioether (sulfide) groups is 1. The van der Waals surface area contributed by atoms with Crippen LogP contribution in [0.15, 0.2) is 47.9 Å². The van der Waals surface area contributed by atoms with Crippen LogP contribution in [0.1, 0.15) is 44.6 Å². The minimum absolute atomic E-state index is 0.175. The molecule has 1 unspecified atom stereocenters. The highest BCUT2D eigenvalue weighted by molar-refractivity contribution is 8.00. The molecule has 1 fully saturated rings. The number of nitriles is 1. The van der Waals surface area contributed by atoms with Gasteiger partial charge in [0.25, 0.3) is 0 Å². The Morgan fingerprint density at radius 2 is 1.94 bits per heavy atom. The summed E-state index contributed by atoms with van der Waals surface area (Å²) >= 11 is 7.72. The van der Waals surface area contributed by atoms with Crippen molar-refractivity contribution < 1.29 is 4.79 Å². The van der Waals surface area contributed by atoms with E-state index in [1.807, 2.05) is 48.7 Å². The molecule has 170 valence electrons. The Hall–Kier alpha value is -2.89. The second kappa shape index (κ2) is 9.94. The largest absolute Gasteiger partial charge is 0.337 e. The lowest BCUT2D eigenvalue weighted by atomic mass is 9.83. The van der Waals surface area contributed by atoms with Gasteiger partial charge in [0.1, 0.15) is 5.54 Å². The molecule has 2 heterocycles. The average molecular weight is 481 g/mol. The lowest BCUT2D eigenvalue weighted by molar-refractivity contribution is -0.121. The quantitative estimate of drug-likeness (QED) is 0.492. The van der Waals surface area contributed by atoms with Gasteiger partial charge in [-0.15, -0.1) is 10.2 Å². The Kier molecular flexibility index (Phi) is 7.01. The van der Waals surface area contributed by atoms with Crippen molar-refractivity contribution in [3.8, 4) is 23.1 Å². The Morgan fingerprint density at radius 1 is 1.21 bits per heavy atom. The number of rotatable bonds is 6. The molecule has 1 aliphatic carbocycles. The van der Waals surface area contributed by atoms with Gasteiger partial charge in [-0.25, -0.2) is 0 Å². The lowest BCUT2D eigenvalue weighted by Gasteiger charge is -2.32. The van der Waals surface area contributed by atoms with E-state index in [-0.39, 0.29) is 5.91 Å². The van der Waals surface area contributed by atoms with Crippen LogP contribution >= 0.6 is 23.4 Å². The van der Waals surface area contributed by atoms with Gasteiger partial charge in [-0.2, -0.15) is 5.26 Å². The van der Waals surface area contributed by atoms with E-state index in [4.69, 9.17) is 11.6 Å². The van der Waals surface area contributed by atoms with Gasteiger partial charge in [0.2, 0.25) is 5.91 Å². The first-order valence-corrected chi connectivity index (χ1v) is 12.2. The summed E-state index contributed by atoms with van der Waals surface area (Å²) in [6, 6.07) is 11.8. The second-order valence-electron chi connectivity index (χ2n) is 8.27. The fourth-order valence-corrected chi connectivity index (χ4v) is 5.09. The van der Waals surface area contributed by atoms with E-state index in [0.29, 0.717) is 28.8 Å². The first-order chi connectivity index (χ1) is 15.9. The number of amides is 1. The minimum Gasteiger partial charge on any atom is -0.337 e. The van der Waals surface area contributed by atoms with Gasteiger partial charge in [0.05, 0.1) is 17.0 Å². The van der Waals surface area contributed by atoms with Crippen LogP contribution in [0.2, 0.25) is 5.02 Å². The number of aromatic nitrogens is 4. The van der Waals surface area contributed by atoms with Gasteiger partial charge < -0.3 is 5.32 Å². The summed E-state index contributed by atoms with van der Waals surface area (Å²) in [5.74, 6) is 0.463. The van der Waals surface area contributed by atoms with Crippen molar-refractivity contribution in [1.29, 1.82) is 5.26 Å². The van der Waals surface area contributed by atoms with Gasteiger partial charge in [-0.1, -0.05) is 48.7 Å². The molecule has 9 heteroatoms. The lowest BCUT2D eigenvalue weighted by Crippen LogP contribution is -2.50. The molecule has 4 rings (SSSR count). The summed E-state index contributed by atoms with van der Waals surface area (Å²) in [5.41, 5.74) is 1.81. The number of hydrogen-bond donors (Lipinski definition) is 1. The molecule has 1 saturated carbocycles. The molecule has 1 atom stereocenters. The normalized spacial score (nSPS) is 16.1. The van der Waals surface area contributed by atoms with Crippen LogP contribution in [0.5, 0.6) is 0 Å². The fourth-order valence-electron chi connectivity index (χ4n) is 4.06. The summed E-state index contributed by atoms with van der Waals surface area (Å²) in [5, 5.41) is 22.3. The van der Waals surface area contributed by atoms with E-state index in [2.05, 4.69) is 26.6 Å². The Bertz CT molecular complexity index is 1180. The summed E-state index contributed by atoms with van der Waals surface area (Å²) in [4.78, 5) is 17.1. The smallest absolute Gasteiger partial charge is 0.234 e. The van der Waals surface area contributed by atoms with Crippen LogP contribution in [0.3, 0.4) is 0 Å². The van der Waals surface area contributed by atoms with E-state index >= 15 is 0 Å². The number of benzene rings is 1. The van der Waals surface area contributed by atoms with E-state index < -0.39 is 10.8 Å². The van der Waals surface area contributed by atoms with Gasteiger partial charge in [-0.3, -0.25) is 14.3 Å². The topological polar surface area (TPSA) is 96.5 Å². The highest BCUT2D eigenvalue weighted by Crippen LogP contribution is 2.34. The molecule has 7 nitrogen and oxygen atoms in total. The molecule has 0 radical (unpaired) electrons. The van der Waals surface area contributed by atoms with Crippen molar-refractivity contribution in [2.45, 2.75) is 61.9 Å². The fraction of sp³-hybridized carbons (Fsp3) is 0.375. The first kappa shape index (κ1) is 23.3. The summed E-state index contributed by atoms with van der Waals surface area (Å²) in [6.45, 7) is 3.77. The third kappa shape index (κ3) is 4.90. The first-order valence-electron chi connectivity index (χ1n) is 11.0. The zero-order chi connectivity index (χ0) is 23.4. The number of carbonyl (C=O) groups is 1. The van der Waals surface area contributed by atoms with Crippen LogP contribution < -0.4 is 5.32 Å². The van der Waals surface area contributed by atoms with Crippen LogP contribution in [-0.2, 0) is 4.79 Å². The molecule has 1 aromatic carbocycles. The molecule has 1 aliphatic rings. The molecule has 2 aromatic heterocycles. The molecular weight excluding hydrogens is 456 g/mol. The second-order valence-corrected chi connectivity index (χ2v) is 9.98. The zero-order valence-electron chi connectivity index (χ0n) is 18.6. The number of nitrogens with zero attached hydrogens (tertiary/aromatic N) is 5. The van der Waals surface area contributed by atoms with Gasteiger partial charge in [0, 0.05) is 23.0 Å². The molecular formula is C24H25ClN6OS. The third-order valence-electron chi connectivity index (χ3n) is 5.99. The van der Waals surface area contributed by atoms with E-state index in [9.17, 15) is 10.1 Å². The molecule has 3 aromatic rings. The summed E-state index contributed by atoms with van der Waals surface area (Å²) < 4.78 is 1.92. The minimum atomic E-state index is -0.774. The average Bonchev–Trinajstić information content (AvgIpc) is 3.25. The SMILES string of the molecule is Cc1c(Cl)cccc1-n1c(SC(C)C(=O)NC2(C#N)CCCCC2)nnc1-c1ccncc1. The van der Waals surface area contributed by atoms with E-state index in [1.54, 1.807) is 12.4 Å². The molecule has 33 heavy (non-hydrogen) atoms. The number of nitrogens with one attached hydrogen (secondary N) is 1. The molecule has 1 N–H and O–H groups in total. The number of carbonyl (C=O) groups excluding carboxylic acids is 1. The molecule has 0 bridgehead atoms. The third-order valence-corrected chi connectivity index (χ3v) is 7.44. The number of halogens is 1.